The van der Waals surface area contributed by atoms with Gasteiger partial charge in [-0.3, -0.25) is 4.90 Å². The molecule has 0 spiro atoms. The fourth-order valence-corrected chi connectivity index (χ4v) is 3.68. The Kier molecular flexibility index (Phi) is 4.58. The van der Waals surface area contributed by atoms with Gasteiger partial charge in [-0.1, -0.05) is 43.5 Å². The molecule has 1 N–H and O–H groups in total. The van der Waals surface area contributed by atoms with E-state index in [0.717, 1.165) is 11.4 Å². The number of ether oxygens (including phenoxy) is 1. The number of benzene rings is 1. The third-order valence-electron chi connectivity index (χ3n) is 4.00. The van der Waals surface area contributed by atoms with E-state index in [-0.39, 0.29) is 12.0 Å². The molecule has 25 heavy (non-hydrogen) atoms. The van der Waals surface area contributed by atoms with Crippen molar-refractivity contribution in [3.05, 3.63) is 48.9 Å². The Morgan fingerprint density at radius 1 is 1.24 bits per heavy atom. The molecule has 1 aliphatic rings. The molecule has 1 fully saturated rings. The van der Waals surface area contributed by atoms with Crippen molar-refractivity contribution in [2.45, 2.75) is 26.1 Å². The lowest BCUT2D eigenvalue weighted by molar-refractivity contribution is 0.246. The molecule has 0 bridgehead atoms. The third kappa shape index (κ3) is 4.05. The zero-order valence-electron chi connectivity index (χ0n) is 14.7. The zero-order chi connectivity index (χ0) is 18.0. The molecule has 1 saturated heterocycles. The van der Waals surface area contributed by atoms with E-state index in [0.29, 0.717) is 18.7 Å². The number of carbonyl (C=O) groups excluding carboxylic acids is 1. The Labute approximate surface area is 148 Å². The number of aromatic nitrogens is 2. The first-order valence-corrected chi connectivity index (χ1v) is 11.7. The number of amides is 2. The summed E-state index contributed by atoms with van der Waals surface area (Å²) in [5.74, 6) is 0.722. The molecule has 130 valence electrons. The van der Waals surface area contributed by atoms with Crippen LogP contribution in [0.15, 0.2) is 48.9 Å². The summed E-state index contributed by atoms with van der Waals surface area (Å²) in [5, 5.41) is 4.02. The normalized spacial score (nSPS) is 15.1. The Hall–Kier alpha value is -2.67. The predicted octanol–water partition coefficient (Wildman–Crippen LogP) is 3.25. The summed E-state index contributed by atoms with van der Waals surface area (Å²) < 4.78 is 5.77. The van der Waals surface area contributed by atoms with E-state index in [1.165, 1.54) is 5.19 Å². The molecule has 2 aromatic rings. The van der Waals surface area contributed by atoms with Gasteiger partial charge in [0.15, 0.2) is 0 Å². The second kappa shape index (κ2) is 6.68. The van der Waals surface area contributed by atoms with Crippen LogP contribution in [0.2, 0.25) is 19.6 Å². The quantitative estimate of drug-likeness (QED) is 0.856. The minimum Gasteiger partial charge on any atom is -0.424 e. The van der Waals surface area contributed by atoms with Gasteiger partial charge in [0, 0.05) is 18.7 Å². The molecule has 0 unspecified atom stereocenters. The average Bonchev–Trinajstić information content (AvgIpc) is 2.55. The Morgan fingerprint density at radius 2 is 1.96 bits per heavy atom. The van der Waals surface area contributed by atoms with Crippen LogP contribution in [0, 0.1) is 0 Å². The lowest BCUT2D eigenvalue weighted by atomic mass is 10.2. The zero-order valence-corrected chi connectivity index (χ0v) is 15.7. The van der Waals surface area contributed by atoms with Crippen molar-refractivity contribution in [1.82, 2.24) is 15.3 Å². The van der Waals surface area contributed by atoms with Crippen LogP contribution in [0.25, 0.3) is 0 Å². The van der Waals surface area contributed by atoms with Crippen LogP contribution in [-0.2, 0) is 0 Å². The van der Waals surface area contributed by atoms with E-state index in [4.69, 9.17) is 4.74 Å². The Morgan fingerprint density at radius 3 is 2.60 bits per heavy atom. The molecule has 2 heterocycles. The second-order valence-corrected chi connectivity index (χ2v) is 12.1. The first-order valence-electron chi connectivity index (χ1n) is 8.20. The number of rotatable bonds is 4. The molecule has 0 aliphatic carbocycles. The number of urea groups is 1. The lowest BCUT2D eigenvalue weighted by Gasteiger charge is -2.28. The van der Waals surface area contributed by atoms with Gasteiger partial charge in [0.05, 0.1) is 26.2 Å². The predicted molar refractivity (Wildman–Crippen MR) is 101 cm³/mol. The minimum atomic E-state index is -1.41. The van der Waals surface area contributed by atoms with Crippen LogP contribution in [0.4, 0.5) is 10.5 Å². The fraction of sp³-hybridized carbons (Fsp3) is 0.278. The highest BCUT2D eigenvalue weighted by atomic mass is 28.3. The summed E-state index contributed by atoms with van der Waals surface area (Å²) >= 11 is 0. The molecule has 1 aromatic carbocycles. The monoisotopic (exact) mass is 354 g/mol. The molecule has 0 atom stereocenters. The van der Waals surface area contributed by atoms with E-state index in [1.807, 2.05) is 18.2 Å². The van der Waals surface area contributed by atoms with E-state index in [2.05, 4.69) is 47.6 Å². The van der Waals surface area contributed by atoms with E-state index in [1.54, 1.807) is 17.3 Å². The van der Waals surface area contributed by atoms with Gasteiger partial charge in [0.25, 0.3) is 0 Å². The minimum absolute atomic E-state index is 0.212. The van der Waals surface area contributed by atoms with Crippen molar-refractivity contribution in [2.24, 2.45) is 0 Å². The van der Waals surface area contributed by atoms with Crippen molar-refractivity contribution in [2.75, 3.05) is 11.4 Å². The standard InChI is InChI=1S/C18H22N4O2Si/c1-13-8-9-22(18(23)21-13)14-11-19-17(20-12-14)24-15-6-5-7-16(10-15)25(2,3)4/h5-7,10-12H,1,8-9H2,2-4H3,(H,21,23). The van der Waals surface area contributed by atoms with Crippen LogP contribution in [0.1, 0.15) is 6.42 Å². The lowest BCUT2D eigenvalue weighted by Crippen LogP contribution is -2.45. The summed E-state index contributed by atoms with van der Waals surface area (Å²) in [4.78, 5) is 22.0. The maximum absolute atomic E-state index is 12.0. The number of nitrogens with one attached hydrogen (secondary N) is 1. The van der Waals surface area contributed by atoms with Gasteiger partial charge in [-0.2, -0.15) is 0 Å². The number of hydrogen-bond donors (Lipinski definition) is 1. The van der Waals surface area contributed by atoms with Gasteiger partial charge >= 0.3 is 12.0 Å². The molecule has 7 heteroatoms. The molecule has 1 aromatic heterocycles. The largest absolute Gasteiger partial charge is 0.424 e. The fourth-order valence-electron chi connectivity index (χ4n) is 2.51. The van der Waals surface area contributed by atoms with Crippen molar-refractivity contribution in [1.29, 1.82) is 0 Å². The topological polar surface area (TPSA) is 67.3 Å². The summed E-state index contributed by atoms with van der Waals surface area (Å²) in [6, 6.07) is 8.11. The number of nitrogens with zero attached hydrogens (tertiary/aromatic N) is 3. The molecule has 2 amide bonds. The average molecular weight is 354 g/mol. The van der Waals surface area contributed by atoms with Gasteiger partial charge in [-0.05, 0) is 12.1 Å². The van der Waals surface area contributed by atoms with E-state index in [9.17, 15) is 4.79 Å². The SMILES string of the molecule is C=C1CCN(c2cnc(Oc3cccc([Si](C)(C)C)c3)nc2)C(=O)N1. The number of carbonyl (C=O) groups is 1. The molecule has 1 aliphatic heterocycles. The third-order valence-corrected chi connectivity index (χ3v) is 6.04. The summed E-state index contributed by atoms with van der Waals surface area (Å²) in [6.07, 6.45) is 3.89. The van der Waals surface area contributed by atoms with Gasteiger partial charge in [-0.25, -0.2) is 14.8 Å². The molecule has 0 radical (unpaired) electrons. The van der Waals surface area contributed by atoms with Crippen LogP contribution >= 0.6 is 0 Å². The maximum atomic E-state index is 12.0. The van der Waals surface area contributed by atoms with E-state index >= 15 is 0 Å². The molecular formula is C18H22N4O2Si. The number of hydrogen-bond acceptors (Lipinski definition) is 4. The van der Waals surface area contributed by atoms with Crippen LogP contribution in [0.5, 0.6) is 11.8 Å². The first kappa shape index (κ1) is 17.2. The maximum Gasteiger partial charge on any atom is 0.326 e. The van der Waals surface area contributed by atoms with Crippen LogP contribution < -0.4 is 20.1 Å². The number of anilines is 1. The van der Waals surface area contributed by atoms with Crippen molar-refractivity contribution in [3.63, 3.8) is 0 Å². The first-order chi connectivity index (χ1) is 11.8. The van der Waals surface area contributed by atoms with E-state index < -0.39 is 8.07 Å². The van der Waals surface area contributed by atoms with Gasteiger partial charge in [-0.15, -0.1) is 0 Å². The Balaban J connectivity index is 1.73. The highest BCUT2D eigenvalue weighted by Crippen LogP contribution is 2.21. The molecule has 0 saturated carbocycles. The highest BCUT2D eigenvalue weighted by molar-refractivity contribution is 6.88. The van der Waals surface area contributed by atoms with Crippen molar-refractivity contribution >= 4 is 25.0 Å². The highest BCUT2D eigenvalue weighted by Gasteiger charge is 2.22. The van der Waals surface area contributed by atoms with Crippen LogP contribution in [0.3, 0.4) is 0 Å². The summed E-state index contributed by atoms with van der Waals surface area (Å²) in [7, 11) is -1.41. The van der Waals surface area contributed by atoms with Gasteiger partial charge in [0.2, 0.25) is 0 Å². The van der Waals surface area contributed by atoms with Crippen LogP contribution in [-0.4, -0.2) is 30.6 Å². The van der Waals surface area contributed by atoms with Crippen molar-refractivity contribution in [3.8, 4) is 11.8 Å². The summed E-state index contributed by atoms with van der Waals surface area (Å²) in [6.45, 7) is 11.2. The van der Waals surface area contributed by atoms with Crippen molar-refractivity contribution < 1.29 is 9.53 Å². The van der Waals surface area contributed by atoms with Gasteiger partial charge in [0.1, 0.15) is 5.75 Å². The summed E-state index contributed by atoms with van der Waals surface area (Å²) in [5.41, 5.74) is 1.36. The molecule has 3 rings (SSSR count). The molecular weight excluding hydrogens is 332 g/mol. The van der Waals surface area contributed by atoms with Gasteiger partial charge < -0.3 is 10.1 Å². The smallest absolute Gasteiger partial charge is 0.326 e. The Bertz CT molecular complexity index is 799. The second-order valence-electron chi connectivity index (χ2n) is 7.04. The molecule has 6 nitrogen and oxygen atoms in total.